The fourth-order valence-corrected chi connectivity index (χ4v) is 3.33. The van der Waals surface area contributed by atoms with Crippen molar-refractivity contribution in [3.63, 3.8) is 0 Å². The van der Waals surface area contributed by atoms with Crippen molar-refractivity contribution < 1.29 is 4.84 Å². The molecule has 0 aliphatic heterocycles. The third-order valence-electron chi connectivity index (χ3n) is 3.77. The van der Waals surface area contributed by atoms with Crippen LogP contribution in [0.15, 0.2) is 84.4 Å². The molecule has 4 aromatic rings. The third kappa shape index (κ3) is 4.43. The van der Waals surface area contributed by atoms with Gasteiger partial charge in [-0.05, 0) is 29.8 Å². The Morgan fingerprint density at radius 2 is 1.89 bits per heavy atom. The van der Waals surface area contributed by atoms with Crippen LogP contribution in [0.25, 0.3) is 21.1 Å². The van der Waals surface area contributed by atoms with E-state index in [1.165, 1.54) is 0 Å². The van der Waals surface area contributed by atoms with Crippen molar-refractivity contribution in [2.24, 2.45) is 5.16 Å². The van der Waals surface area contributed by atoms with Crippen LogP contribution in [0.4, 0.5) is 0 Å². The van der Waals surface area contributed by atoms with Crippen molar-refractivity contribution in [1.82, 2.24) is 15.0 Å². The first-order valence-electron chi connectivity index (χ1n) is 8.41. The van der Waals surface area contributed by atoms with E-state index in [-0.39, 0.29) is 0 Å². The van der Waals surface area contributed by atoms with E-state index in [1.807, 2.05) is 73.1 Å². The number of oxime groups is 1. The van der Waals surface area contributed by atoms with Crippen LogP contribution in [0.1, 0.15) is 11.3 Å². The highest BCUT2D eigenvalue weighted by Gasteiger charge is 2.08. The van der Waals surface area contributed by atoms with Gasteiger partial charge in [0.1, 0.15) is 11.6 Å². The summed E-state index contributed by atoms with van der Waals surface area (Å²) in [5.41, 5.74) is 3.66. The van der Waals surface area contributed by atoms with E-state index in [2.05, 4.69) is 20.1 Å². The monoisotopic (exact) mass is 372 g/mol. The second kappa shape index (κ2) is 8.33. The van der Waals surface area contributed by atoms with Crippen molar-refractivity contribution in [2.75, 3.05) is 0 Å². The lowest BCUT2D eigenvalue weighted by atomic mass is 10.2. The molecule has 3 heterocycles. The Morgan fingerprint density at radius 1 is 0.963 bits per heavy atom. The highest BCUT2D eigenvalue weighted by Crippen LogP contribution is 2.30. The normalized spacial score (nSPS) is 11.0. The summed E-state index contributed by atoms with van der Waals surface area (Å²) in [5, 5.41) is 4.94. The zero-order valence-corrected chi connectivity index (χ0v) is 15.2. The van der Waals surface area contributed by atoms with E-state index in [0.29, 0.717) is 6.61 Å². The molecule has 6 heteroatoms. The number of rotatable bonds is 6. The van der Waals surface area contributed by atoms with Crippen molar-refractivity contribution >= 4 is 17.6 Å². The number of nitrogens with zero attached hydrogens (tertiary/aromatic N) is 4. The largest absolute Gasteiger partial charge is 0.391 e. The van der Waals surface area contributed by atoms with Crippen LogP contribution < -0.4 is 0 Å². The minimum absolute atomic E-state index is 0.431. The molecule has 4 rings (SSSR count). The van der Waals surface area contributed by atoms with Gasteiger partial charge >= 0.3 is 0 Å². The van der Waals surface area contributed by atoms with Gasteiger partial charge in [-0.25, -0.2) is 9.97 Å². The molecular formula is C21H16N4OS. The number of thiazole rings is 1. The van der Waals surface area contributed by atoms with Gasteiger partial charge in [0.05, 0.1) is 22.5 Å². The Morgan fingerprint density at radius 3 is 2.74 bits per heavy atom. The van der Waals surface area contributed by atoms with Crippen LogP contribution in [-0.2, 0) is 11.4 Å². The maximum Gasteiger partial charge on any atom is 0.142 e. The quantitative estimate of drug-likeness (QED) is 0.360. The molecule has 0 atom stereocenters. The van der Waals surface area contributed by atoms with Gasteiger partial charge in [-0.15, -0.1) is 11.3 Å². The lowest BCUT2D eigenvalue weighted by molar-refractivity contribution is 0.132. The molecule has 0 saturated carbocycles. The second-order valence-electron chi connectivity index (χ2n) is 5.71. The van der Waals surface area contributed by atoms with Crippen LogP contribution in [0.5, 0.6) is 0 Å². The summed E-state index contributed by atoms with van der Waals surface area (Å²) in [7, 11) is 0. The predicted molar refractivity (Wildman–Crippen MR) is 107 cm³/mol. The van der Waals surface area contributed by atoms with Crippen molar-refractivity contribution in [3.8, 4) is 21.1 Å². The summed E-state index contributed by atoms with van der Waals surface area (Å²) >= 11 is 1.58. The smallest absolute Gasteiger partial charge is 0.142 e. The van der Waals surface area contributed by atoms with Crippen molar-refractivity contribution in [3.05, 3.63) is 90.5 Å². The van der Waals surface area contributed by atoms with E-state index < -0.39 is 0 Å². The summed E-state index contributed by atoms with van der Waals surface area (Å²) < 4.78 is 0. The Kier molecular flexibility index (Phi) is 5.26. The standard InChI is InChI=1S/C21H16N4OS/c1-2-6-16(7-3-1)15-26-24-13-18-9-4-10-19(25-18)20-14-23-21(27-20)17-8-5-11-22-12-17/h1-14H,15H2/b24-13+. The first-order chi connectivity index (χ1) is 13.4. The van der Waals surface area contributed by atoms with E-state index >= 15 is 0 Å². The second-order valence-corrected chi connectivity index (χ2v) is 6.74. The molecule has 0 saturated heterocycles. The molecule has 0 bridgehead atoms. The average Bonchev–Trinajstić information content (AvgIpc) is 3.23. The van der Waals surface area contributed by atoms with Gasteiger partial charge in [0.25, 0.3) is 0 Å². The third-order valence-corrected chi connectivity index (χ3v) is 4.84. The minimum atomic E-state index is 0.431. The summed E-state index contributed by atoms with van der Waals surface area (Å²) in [5.74, 6) is 0. The summed E-state index contributed by atoms with van der Waals surface area (Å²) in [4.78, 5) is 19.6. The molecule has 1 aromatic carbocycles. The zero-order valence-electron chi connectivity index (χ0n) is 14.4. The van der Waals surface area contributed by atoms with Gasteiger partial charge in [-0.3, -0.25) is 4.98 Å². The molecule has 0 fully saturated rings. The molecule has 0 aliphatic carbocycles. The topological polar surface area (TPSA) is 60.3 Å². The molecule has 0 unspecified atom stereocenters. The summed E-state index contributed by atoms with van der Waals surface area (Å²) in [6.45, 7) is 0.431. The van der Waals surface area contributed by atoms with Gasteiger partial charge in [-0.1, -0.05) is 41.6 Å². The fourth-order valence-electron chi connectivity index (χ4n) is 2.45. The van der Waals surface area contributed by atoms with Crippen molar-refractivity contribution in [1.29, 1.82) is 0 Å². The lowest BCUT2D eigenvalue weighted by Crippen LogP contribution is -1.91. The molecule has 0 N–H and O–H groups in total. The molecule has 0 spiro atoms. The molecule has 0 aliphatic rings. The molecule has 132 valence electrons. The molecule has 0 radical (unpaired) electrons. The van der Waals surface area contributed by atoms with Gasteiger partial charge in [0.2, 0.25) is 0 Å². The van der Waals surface area contributed by atoms with E-state index in [4.69, 9.17) is 4.84 Å². The Balaban J connectivity index is 1.45. The van der Waals surface area contributed by atoms with Crippen LogP contribution in [0.3, 0.4) is 0 Å². The highest BCUT2D eigenvalue weighted by molar-refractivity contribution is 7.18. The molecular weight excluding hydrogens is 356 g/mol. The van der Waals surface area contributed by atoms with Crippen LogP contribution in [0.2, 0.25) is 0 Å². The van der Waals surface area contributed by atoms with Crippen molar-refractivity contribution in [2.45, 2.75) is 6.61 Å². The van der Waals surface area contributed by atoms with Crippen LogP contribution in [0, 0.1) is 0 Å². The lowest BCUT2D eigenvalue weighted by Gasteiger charge is -2.00. The highest BCUT2D eigenvalue weighted by atomic mass is 32.1. The molecule has 5 nitrogen and oxygen atoms in total. The Bertz CT molecular complexity index is 1030. The number of aromatic nitrogens is 3. The number of benzene rings is 1. The first-order valence-corrected chi connectivity index (χ1v) is 9.23. The van der Waals surface area contributed by atoms with E-state index in [9.17, 15) is 0 Å². The first kappa shape index (κ1) is 17.1. The molecule has 3 aromatic heterocycles. The molecule has 0 amide bonds. The Labute approximate surface area is 161 Å². The number of pyridine rings is 2. The van der Waals surface area contributed by atoms with E-state index in [0.717, 1.165) is 32.4 Å². The van der Waals surface area contributed by atoms with Gasteiger partial charge in [0.15, 0.2) is 0 Å². The number of hydrogen-bond acceptors (Lipinski definition) is 6. The number of hydrogen-bond donors (Lipinski definition) is 0. The molecule has 27 heavy (non-hydrogen) atoms. The van der Waals surface area contributed by atoms with Crippen LogP contribution in [-0.4, -0.2) is 21.2 Å². The minimum Gasteiger partial charge on any atom is -0.391 e. The maximum absolute atomic E-state index is 5.34. The van der Waals surface area contributed by atoms with Gasteiger partial charge < -0.3 is 4.84 Å². The zero-order chi connectivity index (χ0) is 18.3. The predicted octanol–water partition coefficient (Wildman–Crippen LogP) is 4.82. The van der Waals surface area contributed by atoms with E-state index in [1.54, 1.807) is 23.7 Å². The SMILES string of the molecule is C(=N\OCc1ccccc1)/c1cccc(-c2cnc(-c3cccnc3)s2)n1. The Hall–Kier alpha value is -3.38. The average molecular weight is 372 g/mol. The summed E-state index contributed by atoms with van der Waals surface area (Å²) in [6.07, 6.45) is 7.02. The van der Waals surface area contributed by atoms with Crippen LogP contribution >= 0.6 is 11.3 Å². The summed E-state index contributed by atoms with van der Waals surface area (Å²) in [6, 6.07) is 19.6. The maximum atomic E-state index is 5.34. The van der Waals surface area contributed by atoms with Gasteiger partial charge in [-0.2, -0.15) is 0 Å². The van der Waals surface area contributed by atoms with Gasteiger partial charge in [0, 0.05) is 24.2 Å². The fraction of sp³-hybridized carbons (Fsp3) is 0.0476.